The number of aliphatic hydroxyl groups is 3. The van der Waals surface area contributed by atoms with Gasteiger partial charge < -0.3 is 30.7 Å². The van der Waals surface area contributed by atoms with E-state index in [2.05, 4.69) is 10.6 Å². The van der Waals surface area contributed by atoms with Gasteiger partial charge in [-0.05, 0) is 50.8 Å². The topological polar surface area (TPSA) is 111 Å². The summed E-state index contributed by atoms with van der Waals surface area (Å²) in [7, 11) is 0. The van der Waals surface area contributed by atoms with Gasteiger partial charge in [0.2, 0.25) is 5.91 Å². The second kappa shape index (κ2) is 9.81. The third-order valence-corrected chi connectivity index (χ3v) is 7.32. The van der Waals surface area contributed by atoms with Crippen LogP contribution in [0.3, 0.4) is 0 Å². The van der Waals surface area contributed by atoms with Crippen molar-refractivity contribution in [2.75, 3.05) is 12.8 Å². The van der Waals surface area contributed by atoms with Crippen LogP contribution in [-0.4, -0.2) is 81.3 Å². The Bertz CT molecular complexity index is 536. The minimum atomic E-state index is -1.36. The van der Waals surface area contributed by atoms with E-state index < -0.39 is 41.3 Å². The molecule has 0 bridgehead atoms. The molecule has 7 nitrogen and oxygen atoms in total. The van der Waals surface area contributed by atoms with Gasteiger partial charge in [0.1, 0.15) is 29.9 Å². The average molecular weight is 437 g/mol. The number of piperidine rings is 1. The minimum Gasteiger partial charge on any atom is -0.388 e. The predicted molar refractivity (Wildman–Crippen MR) is 109 cm³/mol. The Morgan fingerprint density at radius 3 is 2.54 bits per heavy atom. The summed E-state index contributed by atoms with van der Waals surface area (Å²) in [6, 6.07) is -0.977. The summed E-state index contributed by atoms with van der Waals surface area (Å²) in [4.78, 5) is 12.9. The number of halogens is 1. The Labute approximate surface area is 175 Å². The molecular weight excluding hydrogens is 404 g/mol. The molecule has 28 heavy (non-hydrogen) atoms. The van der Waals surface area contributed by atoms with Crippen LogP contribution in [0.5, 0.6) is 0 Å². The lowest BCUT2D eigenvalue weighted by Gasteiger charge is -2.44. The Morgan fingerprint density at radius 2 is 1.93 bits per heavy atom. The summed E-state index contributed by atoms with van der Waals surface area (Å²) in [5, 5.41) is 36.4. The van der Waals surface area contributed by atoms with Crippen LogP contribution in [0.1, 0.15) is 39.0 Å². The Morgan fingerprint density at radius 1 is 1.21 bits per heavy atom. The monoisotopic (exact) mass is 436 g/mol. The molecule has 1 aliphatic carbocycles. The number of hydrogen-bond donors (Lipinski definition) is 5. The van der Waals surface area contributed by atoms with Gasteiger partial charge in [0.15, 0.2) is 0 Å². The molecule has 9 heteroatoms. The predicted octanol–water partition coefficient (Wildman–Crippen LogP) is 0.437. The van der Waals surface area contributed by atoms with Crippen LogP contribution in [0.25, 0.3) is 0 Å². The third kappa shape index (κ3) is 5.33. The van der Waals surface area contributed by atoms with Crippen molar-refractivity contribution in [2.24, 2.45) is 11.8 Å². The Balaban J connectivity index is 1.63. The zero-order valence-electron chi connectivity index (χ0n) is 16.5. The van der Waals surface area contributed by atoms with Crippen LogP contribution in [0.2, 0.25) is 0 Å². The summed E-state index contributed by atoms with van der Waals surface area (Å²) >= 11 is 7.57. The number of carbonyl (C=O) groups excluding carboxylic acids is 1. The van der Waals surface area contributed by atoms with Crippen LogP contribution >= 0.6 is 23.4 Å². The van der Waals surface area contributed by atoms with Crippen molar-refractivity contribution in [2.45, 2.75) is 86.3 Å². The Hall–Kier alpha value is -0.0900. The van der Waals surface area contributed by atoms with Crippen molar-refractivity contribution in [3.05, 3.63) is 0 Å². The first-order valence-electron chi connectivity index (χ1n) is 10.2. The number of nitrogens with one attached hydrogen (secondary N) is 2. The molecule has 0 aromatic carbocycles. The normalized spacial score (nSPS) is 41.3. The fraction of sp³-hybridized carbons (Fsp3) is 0.947. The number of thioether (sulfide) groups is 1. The molecule has 4 unspecified atom stereocenters. The number of aliphatic hydroxyl groups excluding tert-OH is 3. The van der Waals surface area contributed by atoms with E-state index in [0.29, 0.717) is 5.92 Å². The second-order valence-electron chi connectivity index (χ2n) is 8.46. The van der Waals surface area contributed by atoms with Crippen molar-refractivity contribution in [1.29, 1.82) is 0 Å². The van der Waals surface area contributed by atoms with Crippen LogP contribution < -0.4 is 10.6 Å². The van der Waals surface area contributed by atoms with E-state index in [9.17, 15) is 20.1 Å². The molecule has 2 saturated heterocycles. The van der Waals surface area contributed by atoms with Crippen molar-refractivity contribution in [3.63, 3.8) is 0 Å². The van der Waals surface area contributed by atoms with Crippen molar-refractivity contribution < 1.29 is 24.9 Å². The molecule has 0 aromatic heterocycles. The fourth-order valence-electron chi connectivity index (χ4n) is 4.32. The number of carbonyl (C=O) groups is 1. The summed E-state index contributed by atoms with van der Waals surface area (Å²) in [6.07, 6.45) is 2.67. The van der Waals surface area contributed by atoms with E-state index in [-0.39, 0.29) is 11.9 Å². The van der Waals surface area contributed by atoms with Gasteiger partial charge in [-0.3, -0.25) is 4.79 Å². The average Bonchev–Trinajstić information content (AvgIpc) is 3.49. The zero-order chi connectivity index (χ0) is 20.4. The molecule has 1 saturated carbocycles. The lowest BCUT2D eigenvalue weighted by atomic mass is 9.87. The molecule has 1 amide bonds. The van der Waals surface area contributed by atoms with Gasteiger partial charge in [0, 0.05) is 0 Å². The Kier molecular flexibility index (Phi) is 7.92. The maximum atomic E-state index is 12.9. The number of ether oxygens (including phenoxy) is 1. The van der Waals surface area contributed by atoms with E-state index in [0.717, 1.165) is 25.3 Å². The largest absolute Gasteiger partial charge is 0.388 e. The molecule has 3 rings (SSSR count). The third-order valence-electron chi connectivity index (χ3n) is 6.19. The van der Waals surface area contributed by atoms with Gasteiger partial charge in [0.25, 0.3) is 0 Å². The van der Waals surface area contributed by atoms with Crippen LogP contribution in [-0.2, 0) is 9.53 Å². The molecule has 0 radical (unpaired) electrons. The first-order valence-corrected chi connectivity index (χ1v) is 11.9. The molecule has 2 aliphatic heterocycles. The van der Waals surface area contributed by atoms with E-state index in [1.807, 2.05) is 0 Å². The van der Waals surface area contributed by atoms with E-state index in [4.69, 9.17) is 16.3 Å². The molecule has 5 N–H and O–H groups in total. The molecule has 9 atom stereocenters. The van der Waals surface area contributed by atoms with Gasteiger partial charge >= 0.3 is 0 Å². The van der Waals surface area contributed by atoms with Gasteiger partial charge in [0.05, 0.1) is 17.5 Å². The zero-order valence-corrected chi connectivity index (χ0v) is 18.0. The lowest BCUT2D eigenvalue weighted by Crippen LogP contribution is -2.65. The van der Waals surface area contributed by atoms with Crippen LogP contribution in [0.4, 0.5) is 0 Å². The highest BCUT2D eigenvalue weighted by atomic mass is 35.5. The van der Waals surface area contributed by atoms with Gasteiger partial charge in [-0.2, -0.15) is 0 Å². The van der Waals surface area contributed by atoms with E-state index in [1.165, 1.54) is 31.0 Å². The van der Waals surface area contributed by atoms with Crippen LogP contribution in [0, 0.1) is 11.8 Å². The number of alkyl halides is 1. The van der Waals surface area contributed by atoms with E-state index >= 15 is 0 Å². The molecule has 3 fully saturated rings. The summed E-state index contributed by atoms with van der Waals surface area (Å²) < 4.78 is 5.81. The molecule has 162 valence electrons. The molecule has 2 heterocycles. The highest BCUT2D eigenvalue weighted by molar-refractivity contribution is 7.99. The van der Waals surface area contributed by atoms with Gasteiger partial charge in [-0.15, -0.1) is 23.4 Å². The van der Waals surface area contributed by atoms with Crippen LogP contribution in [0.15, 0.2) is 0 Å². The quantitative estimate of drug-likeness (QED) is 0.368. The molecule has 0 spiro atoms. The second-order valence-corrected chi connectivity index (χ2v) is 10.1. The summed E-state index contributed by atoms with van der Waals surface area (Å²) in [6.45, 7) is 2.54. The number of rotatable bonds is 7. The summed E-state index contributed by atoms with van der Waals surface area (Å²) in [5.74, 6) is 1.24. The van der Waals surface area contributed by atoms with Crippen molar-refractivity contribution >= 4 is 29.3 Å². The molecule has 3 aliphatic rings. The smallest absolute Gasteiger partial charge is 0.237 e. The number of amides is 1. The first kappa shape index (κ1) is 22.6. The number of hydrogen-bond acceptors (Lipinski definition) is 7. The molecular formula is C19H33ClN2O5S. The van der Waals surface area contributed by atoms with Crippen molar-refractivity contribution in [3.8, 4) is 0 Å². The highest BCUT2D eigenvalue weighted by Crippen LogP contribution is 2.38. The minimum absolute atomic E-state index is 0.157. The van der Waals surface area contributed by atoms with Crippen molar-refractivity contribution in [1.82, 2.24) is 10.6 Å². The molecule has 0 aromatic rings. The van der Waals surface area contributed by atoms with E-state index in [1.54, 1.807) is 13.2 Å². The highest BCUT2D eigenvalue weighted by Gasteiger charge is 2.48. The van der Waals surface area contributed by atoms with Gasteiger partial charge in [-0.1, -0.05) is 12.8 Å². The first-order chi connectivity index (χ1) is 13.3. The maximum absolute atomic E-state index is 12.9. The SMILES string of the molecule is CS[C@H]1O[C@H](C(NC(=O)C2CC(CC3CC3)CCN2)C(C)Cl)[C@H](O)[C@H](O)[C@H]1O. The standard InChI is InChI=1S/C19H33ClN2O5S/c1-9(20)13(17-15(24)14(23)16(25)19(27-17)28-2)22-18(26)12-8-11(5-6-21-12)7-10-3-4-10/h9-17,19,21,23-25H,3-8H2,1-2H3,(H,22,26)/t9?,11?,12?,13?,14-,15+,16+,17+,19+/m0/s1. The lowest BCUT2D eigenvalue weighted by molar-refractivity contribution is -0.205. The van der Waals surface area contributed by atoms with Gasteiger partial charge in [-0.25, -0.2) is 0 Å². The maximum Gasteiger partial charge on any atom is 0.237 e. The summed E-state index contributed by atoms with van der Waals surface area (Å²) in [5.41, 5.74) is -0.700. The fourth-order valence-corrected chi connectivity index (χ4v) is 5.21.